The molecule has 4 aliphatic carbocycles. The number of Topliss-reactive ketones (excluding diaryl/α,β-unsaturated/α-hetero) is 1. The van der Waals surface area contributed by atoms with Gasteiger partial charge in [0.25, 0.3) is 0 Å². The fourth-order valence-electron chi connectivity index (χ4n) is 9.95. The lowest BCUT2D eigenvalue weighted by molar-refractivity contribution is -0.186. The highest BCUT2D eigenvalue weighted by Gasteiger charge is 2.70. The number of ether oxygens (including phenoxy) is 2. The molecule has 0 unspecified atom stereocenters. The number of carbonyl (C=O) groups excluding carboxylic acids is 1. The molecular formula is C31H54O4Si. The zero-order chi connectivity index (χ0) is 26.5. The Hall–Kier alpha value is -0.493. The van der Waals surface area contributed by atoms with E-state index in [0.29, 0.717) is 66.1 Å². The van der Waals surface area contributed by atoms with E-state index in [2.05, 4.69) is 67.5 Å². The van der Waals surface area contributed by atoms with E-state index in [9.17, 15) is 4.79 Å². The molecule has 4 nitrogen and oxygen atoms in total. The second kappa shape index (κ2) is 10.6. The Kier molecular flexibility index (Phi) is 8.38. The molecule has 0 amide bonds. The van der Waals surface area contributed by atoms with Crippen molar-refractivity contribution in [1.82, 2.24) is 0 Å². The number of allylic oxidation sites excluding steroid dienone is 2. The van der Waals surface area contributed by atoms with Gasteiger partial charge in [-0.1, -0.05) is 67.5 Å². The highest BCUT2D eigenvalue weighted by molar-refractivity contribution is 6.77. The van der Waals surface area contributed by atoms with Gasteiger partial charge in [0.05, 0.1) is 19.3 Å². The van der Waals surface area contributed by atoms with Crippen molar-refractivity contribution in [3.05, 3.63) is 12.2 Å². The summed E-state index contributed by atoms with van der Waals surface area (Å²) in [6.07, 6.45) is 10.4. The number of fused-ring (bicyclic) bond motifs is 2. The van der Waals surface area contributed by atoms with Crippen molar-refractivity contribution in [3.8, 4) is 0 Å². The van der Waals surface area contributed by atoms with E-state index in [-0.39, 0.29) is 22.9 Å². The Morgan fingerprint density at radius 1 is 1.03 bits per heavy atom. The summed E-state index contributed by atoms with van der Waals surface area (Å²) in [7, 11) is -1.95. The van der Waals surface area contributed by atoms with Gasteiger partial charge in [0.1, 0.15) is 5.78 Å². The lowest BCUT2D eigenvalue weighted by Gasteiger charge is -2.63. The van der Waals surface area contributed by atoms with E-state index in [4.69, 9.17) is 13.9 Å². The third kappa shape index (κ3) is 4.14. The quantitative estimate of drug-likeness (QED) is 0.170. The van der Waals surface area contributed by atoms with Gasteiger partial charge in [-0.3, -0.25) is 4.79 Å². The summed E-state index contributed by atoms with van der Waals surface area (Å²) in [5, 5.41) is 0. The van der Waals surface area contributed by atoms with Gasteiger partial charge in [0.2, 0.25) is 8.32 Å². The zero-order valence-corrected chi connectivity index (χ0v) is 25.6. The molecule has 3 saturated carbocycles. The van der Waals surface area contributed by atoms with Gasteiger partial charge < -0.3 is 13.9 Å². The minimum Gasteiger partial charge on any atom is -0.413 e. The minimum absolute atomic E-state index is 0.0294. The van der Waals surface area contributed by atoms with Gasteiger partial charge in [0, 0.05) is 30.5 Å². The third-order valence-electron chi connectivity index (χ3n) is 11.5. The molecule has 0 N–H and O–H groups in total. The summed E-state index contributed by atoms with van der Waals surface area (Å²) in [4.78, 5) is 13.1. The summed E-state index contributed by atoms with van der Waals surface area (Å²) in [6, 6.07) is 0. The smallest absolute Gasteiger partial charge is 0.200 e. The highest BCUT2D eigenvalue weighted by Crippen LogP contribution is 2.71. The summed E-state index contributed by atoms with van der Waals surface area (Å²) >= 11 is 0. The maximum Gasteiger partial charge on any atom is 0.200 e. The lowest BCUT2D eigenvalue weighted by atomic mass is 9.43. The van der Waals surface area contributed by atoms with Crippen molar-refractivity contribution < 1.29 is 18.7 Å². The molecule has 0 aromatic heterocycles. The van der Waals surface area contributed by atoms with E-state index >= 15 is 0 Å². The van der Waals surface area contributed by atoms with E-state index in [1.165, 1.54) is 6.42 Å². The van der Waals surface area contributed by atoms with Crippen molar-refractivity contribution in [2.24, 2.45) is 34.5 Å². The zero-order valence-electron chi connectivity index (χ0n) is 24.6. The highest BCUT2D eigenvalue weighted by atomic mass is 28.4. The number of carbonyl (C=O) groups is 1. The van der Waals surface area contributed by atoms with Crippen molar-refractivity contribution in [2.45, 2.75) is 123 Å². The standard InChI is InChI=1S/C31H54O4Si/c1-10-33-17-18-34-29-25-19-24-11-12-26-23(8)28(35-36(20(2)3,21(4)5)22(6)7)14-15-30(26,9)31(24,29)16-13-27(25)32/h11-12,20-26,28-29H,10,13-19H2,1-9H3/t23-,24+,25-,26-,28-,29+,30-,31+/m0/s1. The van der Waals surface area contributed by atoms with Gasteiger partial charge in [-0.25, -0.2) is 0 Å². The number of hydrogen-bond donors (Lipinski definition) is 0. The second-order valence-electron chi connectivity index (χ2n) is 13.6. The van der Waals surface area contributed by atoms with Crippen LogP contribution in [0.25, 0.3) is 0 Å². The van der Waals surface area contributed by atoms with Gasteiger partial charge in [-0.2, -0.15) is 0 Å². The van der Waals surface area contributed by atoms with Gasteiger partial charge >= 0.3 is 0 Å². The normalized spacial score (nSPS) is 40.3. The fraction of sp³-hybridized carbons (Fsp3) is 0.903. The molecule has 206 valence electrons. The van der Waals surface area contributed by atoms with Crippen LogP contribution in [0.1, 0.15) is 94.4 Å². The van der Waals surface area contributed by atoms with E-state index in [1.54, 1.807) is 0 Å². The van der Waals surface area contributed by atoms with Crippen LogP contribution in [-0.2, 0) is 18.7 Å². The molecule has 0 radical (unpaired) electrons. The Balaban J connectivity index is 1.64. The molecule has 0 heterocycles. The van der Waals surface area contributed by atoms with Gasteiger partial charge in [0.15, 0.2) is 0 Å². The first-order valence-corrected chi connectivity index (χ1v) is 17.2. The molecule has 3 fully saturated rings. The van der Waals surface area contributed by atoms with Crippen LogP contribution in [-0.4, -0.2) is 46.1 Å². The lowest BCUT2D eigenvalue weighted by Crippen LogP contribution is -2.62. The maximum atomic E-state index is 13.1. The fourth-order valence-corrected chi connectivity index (χ4v) is 15.6. The molecule has 0 aromatic carbocycles. The van der Waals surface area contributed by atoms with Crippen molar-refractivity contribution in [3.63, 3.8) is 0 Å². The van der Waals surface area contributed by atoms with E-state index < -0.39 is 8.32 Å². The van der Waals surface area contributed by atoms with Crippen LogP contribution >= 0.6 is 0 Å². The van der Waals surface area contributed by atoms with Crippen molar-refractivity contribution >= 4 is 14.1 Å². The largest absolute Gasteiger partial charge is 0.413 e. The Bertz CT molecular complexity index is 800. The third-order valence-corrected chi connectivity index (χ3v) is 17.6. The second-order valence-corrected chi connectivity index (χ2v) is 19.1. The molecule has 4 rings (SSSR count). The van der Waals surface area contributed by atoms with Crippen molar-refractivity contribution in [1.29, 1.82) is 0 Å². The monoisotopic (exact) mass is 518 g/mol. The molecule has 8 atom stereocenters. The van der Waals surface area contributed by atoms with E-state index in [1.807, 2.05) is 6.92 Å². The molecule has 36 heavy (non-hydrogen) atoms. The van der Waals surface area contributed by atoms with Crippen molar-refractivity contribution in [2.75, 3.05) is 19.8 Å². The van der Waals surface area contributed by atoms with Crippen LogP contribution in [0, 0.1) is 34.5 Å². The first kappa shape index (κ1) is 28.5. The summed E-state index contributed by atoms with van der Waals surface area (Å²) in [6.45, 7) is 23.3. The topological polar surface area (TPSA) is 44.8 Å². The van der Waals surface area contributed by atoms with E-state index in [0.717, 1.165) is 25.7 Å². The molecule has 1 spiro atoms. The van der Waals surface area contributed by atoms with Crippen LogP contribution in [0.15, 0.2) is 12.2 Å². The molecule has 0 aromatic rings. The van der Waals surface area contributed by atoms with Gasteiger partial charge in [-0.05, 0) is 72.4 Å². The minimum atomic E-state index is -1.95. The summed E-state index contributed by atoms with van der Waals surface area (Å²) in [5.74, 6) is 1.87. The Morgan fingerprint density at radius 3 is 2.31 bits per heavy atom. The predicted octanol–water partition coefficient (Wildman–Crippen LogP) is 7.58. The van der Waals surface area contributed by atoms with Crippen LogP contribution < -0.4 is 0 Å². The predicted molar refractivity (Wildman–Crippen MR) is 150 cm³/mol. The number of hydrogen-bond acceptors (Lipinski definition) is 4. The molecule has 0 saturated heterocycles. The average molecular weight is 519 g/mol. The first-order valence-electron chi connectivity index (χ1n) is 15.1. The molecule has 5 heteroatoms. The van der Waals surface area contributed by atoms with Crippen LogP contribution in [0.5, 0.6) is 0 Å². The Labute approximate surface area is 222 Å². The molecule has 4 aliphatic rings. The summed E-state index contributed by atoms with van der Waals surface area (Å²) in [5.41, 5.74) is 2.00. The maximum absolute atomic E-state index is 13.1. The Morgan fingerprint density at radius 2 is 1.69 bits per heavy atom. The van der Waals surface area contributed by atoms with Gasteiger partial charge in [-0.15, -0.1) is 0 Å². The molecule has 2 bridgehead atoms. The SMILES string of the molecule is CCOCCO[C@@H]1[C@H]2C[C@H]3C=C[C@H]4[C@H](C)[C@@H](O[Si](C(C)C)(C(C)C)C(C)C)CC[C@]4(C)[C@]31CCC2=O. The van der Waals surface area contributed by atoms with Crippen LogP contribution in [0.2, 0.25) is 16.6 Å². The first-order chi connectivity index (χ1) is 17.0. The average Bonchev–Trinajstić information content (AvgIpc) is 3.05. The molecule has 0 aliphatic heterocycles. The number of rotatable bonds is 10. The molecular weight excluding hydrogens is 464 g/mol. The number of ketones is 1. The van der Waals surface area contributed by atoms with Crippen LogP contribution in [0.3, 0.4) is 0 Å². The summed E-state index contributed by atoms with van der Waals surface area (Å²) < 4.78 is 19.7. The van der Waals surface area contributed by atoms with Crippen LogP contribution in [0.4, 0.5) is 0 Å².